The van der Waals surface area contributed by atoms with Gasteiger partial charge in [-0.25, -0.2) is 0 Å². The number of aromatic nitrogens is 1. The number of amides is 1. The summed E-state index contributed by atoms with van der Waals surface area (Å²) in [4.78, 5) is 16.4. The van der Waals surface area contributed by atoms with Crippen LogP contribution in [0.15, 0.2) is 65.4 Å². The van der Waals surface area contributed by atoms with E-state index in [0.717, 1.165) is 5.56 Å². The van der Waals surface area contributed by atoms with E-state index in [9.17, 15) is 4.79 Å². The number of para-hydroxylation sites is 2. The quantitative estimate of drug-likeness (QED) is 0.717. The first kappa shape index (κ1) is 16.6. The number of pyridine rings is 1. The van der Waals surface area contributed by atoms with Crippen molar-refractivity contribution in [3.8, 4) is 23.0 Å². The van der Waals surface area contributed by atoms with Crippen molar-refractivity contribution in [2.24, 2.45) is 0 Å². The predicted molar refractivity (Wildman–Crippen MR) is 92.3 cm³/mol. The number of carbonyl (C=O) groups excluding carboxylic acids is 1. The van der Waals surface area contributed by atoms with Crippen LogP contribution in [0, 0.1) is 0 Å². The van der Waals surface area contributed by atoms with E-state index >= 15 is 0 Å². The van der Waals surface area contributed by atoms with E-state index in [1.54, 1.807) is 37.8 Å². The summed E-state index contributed by atoms with van der Waals surface area (Å²) in [5, 5.41) is 2.82. The molecule has 1 amide bonds. The number of methoxy groups -OCH3 is 1. The molecule has 0 spiro atoms. The average molecular weight is 338 g/mol. The number of hydrogen-bond acceptors (Lipinski definition) is 5. The van der Waals surface area contributed by atoms with E-state index in [1.165, 1.54) is 0 Å². The van der Waals surface area contributed by atoms with Crippen LogP contribution < -0.4 is 14.8 Å². The highest BCUT2D eigenvalue weighted by atomic mass is 16.5. The molecular weight excluding hydrogens is 320 g/mol. The summed E-state index contributed by atoms with van der Waals surface area (Å²) in [6, 6.07) is 14.5. The Morgan fingerprint density at radius 3 is 2.72 bits per heavy atom. The minimum Gasteiger partial charge on any atom is -0.493 e. The molecule has 0 bridgehead atoms. The molecule has 128 valence electrons. The molecule has 0 aliphatic carbocycles. The van der Waals surface area contributed by atoms with Gasteiger partial charge in [-0.1, -0.05) is 18.2 Å². The third-order valence-electron chi connectivity index (χ3n) is 3.55. The Morgan fingerprint density at radius 1 is 1.12 bits per heavy atom. The topological polar surface area (TPSA) is 73.6 Å². The van der Waals surface area contributed by atoms with Gasteiger partial charge in [-0.3, -0.25) is 9.78 Å². The van der Waals surface area contributed by atoms with E-state index in [-0.39, 0.29) is 12.5 Å². The molecule has 0 saturated carbocycles. The van der Waals surface area contributed by atoms with Gasteiger partial charge in [0.1, 0.15) is 5.69 Å². The van der Waals surface area contributed by atoms with Crippen LogP contribution in [-0.2, 0) is 11.3 Å². The van der Waals surface area contributed by atoms with Crippen LogP contribution in [0.5, 0.6) is 11.5 Å². The molecule has 3 rings (SSSR count). The standard InChI is InChI=1S/C19H18N2O4/c1-23-15-7-2-3-8-16(15)25-13-18(22)21-12-14-6-4-10-20-19(14)17-9-5-11-24-17/h2-11H,12-13H2,1H3,(H,21,22). The monoisotopic (exact) mass is 338 g/mol. The number of nitrogens with zero attached hydrogens (tertiary/aromatic N) is 1. The molecular formula is C19H18N2O4. The first-order valence-corrected chi connectivity index (χ1v) is 7.78. The molecule has 2 aromatic heterocycles. The molecule has 1 N–H and O–H groups in total. The van der Waals surface area contributed by atoms with Crippen molar-refractivity contribution >= 4 is 5.91 Å². The summed E-state index contributed by atoms with van der Waals surface area (Å²) >= 11 is 0. The van der Waals surface area contributed by atoms with E-state index in [0.29, 0.717) is 29.5 Å². The molecule has 0 radical (unpaired) electrons. The Morgan fingerprint density at radius 2 is 1.96 bits per heavy atom. The average Bonchev–Trinajstić information content (AvgIpc) is 3.19. The van der Waals surface area contributed by atoms with Gasteiger partial charge in [0.25, 0.3) is 5.91 Å². The Labute approximate surface area is 145 Å². The zero-order valence-electron chi connectivity index (χ0n) is 13.8. The van der Waals surface area contributed by atoms with Gasteiger partial charge < -0.3 is 19.2 Å². The Balaban J connectivity index is 1.58. The summed E-state index contributed by atoms with van der Waals surface area (Å²) in [6.07, 6.45) is 3.28. The van der Waals surface area contributed by atoms with Crippen LogP contribution in [0.2, 0.25) is 0 Å². The summed E-state index contributed by atoms with van der Waals surface area (Å²) in [5.41, 5.74) is 1.57. The van der Waals surface area contributed by atoms with Crippen molar-refractivity contribution in [2.75, 3.05) is 13.7 Å². The maximum Gasteiger partial charge on any atom is 0.258 e. The second-order valence-electron chi connectivity index (χ2n) is 5.20. The molecule has 0 unspecified atom stereocenters. The zero-order valence-corrected chi connectivity index (χ0v) is 13.8. The van der Waals surface area contributed by atoms with E-state index in [4.69, 9.17) is 13.9 Å². The molecule has 0 fully saturated rings. The highest BCUT2D eigenvalue weighted by Gasteiger charge is 2.11. The van der Waals surface area contributed by atoms with Crippen molar-refractivity contribution in [3.63, 3.8) is 0 Å². The maximum absolute atomic E-state index is 12.1. The van der Waals surface area contributed by atoms with Crippen molar-refractivity contribution in [1.82, 2.24) is 10.3 Å². The highest BCUT2D eigenvalue weighted by Crippen LogP contribution is 2.25. The summed E-state index contributed by atoms with van der Waals surface area (Å²) in [6.45, 7) is 0.231. The van der Waals surface area contributed by atoms with Crippen LogP contribution in [-0.4, -0.2) is 24.6 Å². The number of nitrogens with one attached hydrogen (secondary N) is 1. The van der Waals surface area contributed by atoms with Crippen LogP contribution in [0.1, 0.15) is 5.56 Å². The molecule has 6 nitrogen and oxygen atoms in total. The van der Waals surface area contributed by atoms with Gasteiger partial charge in [0.05, 0.1) is 13.4 Å². The minimum atomic E-state index is -0.236. The first-order chi connectivity index (χ1) is 12.3. The fraction of sp³-hybridized carbons (Fsp3) is 0.158. The van der Waals surface area contributed by atoms with Crippen LogP contribution in [0.3, 0.4) is 0 Å². The normalized spacial score (nSPS) is 10.3. The minimum absolute atomic E-state index is 0.100. The van der Waals surface area contributed by atoms with E-state index < -0.39 is 0 Å². The summed E-state index contributed by atoms with van der Waals surface area (Å²) in [5.74, 6) is 1.54. The summed E-state index contributed by atoms with van der Waals surface area (Å²) < 4.78 is 16.1. The van der Waals surface area contributed by atoms with Crippen LogP contribution in [0.25, 0.3) is 11.5 Å². The number of furan rings is 1. The molecule has 6 heteroatoms. The highest BCUT2D eigenvalue weighted by molar-refractivity contribution is 5.77. The molecule has 0 aliphatic heterocycles. The second-order valence-corrected chi connectivity index (χ2v) is 5.20. The SMILES string of the molecule is COc1ccccc1OCC(=O)NCc1cccnc1-c1ccco1. The Hall–Kier alpha value is -3.28. The number of ether oxygens (including phenoxy) is 2. The zero-order chi connectivity index (χ0) is 17.5. The lowest BCUT2D eigenvalue weighted by molar-refractivity contribution is -0.123. The first-order valence-electron chi connectivity index (χ1n) is 7.78. The fourth-order valence-corrected chi connectivity index (χ4v) is 2.34. The van der Waals surface area contributed by atoms with E-state index in [2.05, 4.69) is 10.3 Å². The fourth-order valence-electron chi connectivity index (χ4n) is 2.34. The van der Waals surface area contributed by atoms with Crippen molar-refractivity contribution < 1.29 is 18.7 Å². The molecule has 25 heavy (non-hydrogen) atoms. The number of benzene rings is 1. The van der Waals surface area contributed by atoms with Gasteiger partial charge in [0, 0.05) is 18.3 Å². The van der Waals surface area contributed by atoms with Gasteiger partial charge in [0.15, 0.2) is 23.9 Å². The molecule has 0 saturated heterocycles. The summed E-state index contributed by atoms with van der Waals surface area (Å²) in [7, 11) is 1.56. The van der Waals surface area contributed by atoms with Crippen molar-refractivity contribution in [3.05, 3.63) is 66.6 Å². The van der Waals surface area contributed by atoms with Gasteiger partial charge in [0.2, 0.25) is 0 Å². The maximum atomic E-state index is 12.1. The van der Waals surface area contributed by atoms with Crippen LogP contribution in [0.4, 0.5) is 0 Å². The molecule has 3 aromatic rings. The smallest absolute Gasteiger partial charge is 0.258 e. The largest absolute Gasteiger partial charge is 0.493 e. The third kappa shape index (κ3) is 4.17. The number of carbonyl (C=O) groups is 1. The number of rotatable bonds is 7. The van der Waals surface area contributed by atoms with E-state index in [1.807, 2.05) is 30.3 Å². The Kier molecular flexibility index (Phi) is 5.31. The lowest BCUT2D eigenvalue weighted by Gasteiger charge is -2.11. The molecule has 1 aromatic carbocycles. The molecule has 0 aliphatic rings. The molecule has 2 heterocycles. The van der Waals surface area contributed by atoms with Gasteiger partial charge in [-0.15, -0.1) is 0 Å². The van der Waals surface area contributed by atoms with Gasteiger partial charge in [-0.2, -0.15) is 0 Å². The van der Waals surface area contributed by atoms with Gasteiger partial charge >= 0.3 is 0 Å². The van der Waals surface area contributed by atoms with Crippen molar-refractivity contribution in [2.45, 2.75) is 6.54 Å². The molecule has 0 atom stereocenters. The lowest BCUT2D eigenvalue weighted by atomic mass is 10.1. The Bertz CT molecular complexity index is 831. The third-order valence-corrected chi connectivity index (χ3v) is 3.55. The second kappa shape index (κ2) is 8.01. The van der Waals surface area contributed by atoms with Crippen molar-refractivity contribution in [1.29, 1.82) is 0 Å². The predicted octanol–water partition coefficient (Wildman–Crippen LogP) is 3.05. The lowest BCUT2D eigenvalue weighted by Crippen LogP contribution is -2.28. The van der Waals surface area contributed by atoms with Gasteiger partial charge in [-0.05, 0) is 30.3 Å². The van der Waals surface area contributed by atoms with Crippen LogP contribution >= 0.6 is 0 Å². The number of hydrogen-bond donors (Lipinski definition) is 1.